The molecule has 1 fully saturated rings. The molecule has 1 aromatic rings. The highest BCUT2D eigenvalue weighted by molar-refractivity contribution is 5.10. The first-order chi connectivity index (χ1) is 12.7. The summed E-state index contributed by atoms with van der Waals surface area (Å²) in [6.45, 7) is 4.51. The van der Waals surface area contributed by atoms with E-state index >= 15 is 0 Å². The van der Waals surface area contributed by atoms with Crippen molar-refractivity contribution >= 4 is 0 Å². The summed E-state index contributed by atoms with van der Waals surface area (Å²) in [5, 5.41) is 0. The first-order valence-electron chi connectivity index (χ1n) is 11.3. The molecular weight excluding hydrogens is 323 g/mol. The predicted molar refractivity (Wildman–Crippen MR) is 108 cm³/mol. The van der Waals surface area contributed by atoms with Gasteiger partial charge in [-0.15, -0.1) is 0 Å². The van der Waals surface area contributed by atoms with Crippen LogP contribution in [0.2, 0.25) is 0 Å². The second kappa shape index (κ2) is 12.4. The molecule has 0 bridgehead atoms. The number of aromatic nitrogens is 2. The molecule has 0 aromatic carbocycles. The maximum Gasteiger partial charge on any atom is 0.219 e. The molecule has 1 aliphatic rings. The average Bonchev–Trinajstić information content (AvgIpc) is 2.66. The largest absolute Gasteiger partial charge is 0.241 e. The maximum atomic E-state index is 14.4. The summed E-state index contributed by atoms with van der Waals surface area (Å²) in [7, 11) is 0. The molecule has 0 N–H and O–H groups in total. The molecule has 148 valence electrons. The van der Waals surface area contributed by atoms with Crippen LogP contribution in [0.25, 0.3) is 0 Å². The van der Waals surface area contributed by atoms with Crippen molar-refractivity contribution in [1.29, 1.82) is 0 Å². The highest BCUT2D eigenvalue weighted by Crippen LogP contribution is 2.36. The van der Waals surface area contributed by atoms with E-state index in [4.69, 9.17) is 0 Å². The normalized spacial score (nSPS) is 20.4. The zero-order valence-corrected chi connectivity index (χ0v) is 17.1. The molecule has 0 aliphatic heterocycles. The minimum Gasteiger partial charge on any atom is -0.241 e. The Bertz CT molecular complexity index is 495. The lowest BCUT2D eigenvalue weighted by Gasteiger charge is -2.27. The number of rotatable bonds is 12. The minimum absolute atomic E-state index is 0.270. The molecule has 2 nitrogen and oxygen atoms in total. The van der Waals surface area contributed by atoms with Crippen LogP contribution < -0.4 is 0 Å². The SMILES string of the molecule is CCCCCCCCCCc1cnc([C@H]2CC[C@H](CCC)CC2)nc1F. The third-order valence-corrected chi connectivity index (χ3v) is 6.04. The molecule has 1 saturated carbocycles. The Balaban J connectivity index is 1.69. The monoisotopic (exact) mass is 362 g/mol. The maximum absolute atomic E-state index is 14.4. The van der Waals surface area contributed by atoms with Gasteiger partial charge in [0.25, 0.3) is 0 Å². The Kier molecular flexibility index (Phi) is 10.2. The van der Waals surface area contributed by atoms with Crippen LogP contribution in [0.1, 0.15) is 121 Å². The molecule has 1 heterocycles. The van der Waals surface area contributed by atoms with E-state index in [0.29, 0.717) is 11.5 Å². The molecule has 0 atom stereocenters. The van der Waals surface area contributed by atoms with Crippen molar-refractivity contribution in [2.75, 3.05) is 0 Å². The third-order valence-electron chi connectivity index (χ3n) is 6.04. The van der Waals surface area contributed by atoms with Gasteiger partial charge in [0.2, 0.25) is 5.95 Å². The topological polar surface area (TPSA) is 25.8 Å². The summed E-state index contributed by atoms with van der Waals surface area (Å²) in [6, 6.07) is 0. The van der Waals surface area contributed by atoms with Gasteiger partial charge in [0.1, 0.15) is 5.82 Å². The zero-order chi connectivity index (χ0) is 18.6. The first-order valence-corrected chi connectivity index (χ1v) is 11.3. The highest BCUT2D eigenvalue weighted by atomic mass is 19.1. The van der Waals surface area contributed by atoms with Crippen LogP contribution in [0.3, 0.4) is 0 Å². The first kappa shape index (κ1) is 21.3. The summed E-state index contributed by atoms with van der Waals surface area (Å²) < 4.78 is 14.4. The van der Waals surface area contributed by atoms with Gasteiger partial charge in [0, 0.05) is 17.7 Å². The molecule has 2 rings (SSSR count). The second-order valence-corrected chi connectivity index (χ2v) is 8.28. The van der Waals surface area contributed by atoms with Crippen LogP contribution in [-0.2, 0) is 6.42 Å². The molecule has 26 heavy (non-hydrogen) atoms. The van der Waals surface area contributed by atoms with Gasteiger partial charge in [-0.2, -0.15) is 4.39 Å². The quantitative estimate of drug-likeness (QED) is 0.286. The van der Waals surface area contributed by atoms with Crippen molar-refractivity contribution in [3.8, 4) is 0 Å². The van der Waals surface area contributed by atoms with Gasteiger partial charge in [-0.3, -0.25) is 0 Å². The zero-order valence-electron chi connectivity index (χ0n) is 17.1. The lowest BCUT2D eigenvalue weighted by Crippen LogP contribution is -2.16. The van der Waals surface area contributed by atoms with Crippen LogP contribution in [0.15, 0.2) is 6.20 Å². The van der Waals surface area contributed by atoms with Gasteiger partial charge in [-0.05, 0) is 44.4 Å². The number of hydrogen-bond acceptors (Lipinski definition) is 2. The van der Waals surface area contributed by atoms with E-state index in [1.165, 1.54) is 70.6 Å². The molecule has 0 unspecified atom stereocenters. The predicted octanol–water partition coefficient (Wildman–Crippen LogP) is 7.37. The van der Waals surface area contributed by atoms with Crippen LogP contribution in [0, 0.1) is 11.9 Å². The van der Waals surface area contributed by atoms with Crippen molar-refractivity contribution < 1.29 is 4.39 Å². The van der Waals surface area contributed by atoms with Crippen molar-refractivity contribution in [1.82, 2.24) is 9.97 Å². The number of halogens is 1. The second-order valence-electron chi connectivity index (χ2n) is 8.28. The standard InChI is InChI=1S/C23H39FN2/c1-3-5-6-7-8-9-10-11-13-21-18-25-23(26-22(21)24)20-16-14-19(12-4-2)15-17-20/h18-20H,3-17H2,1-2H3/t19-,20-. The van der Waals surface area contributed by atoms with Gasteiger partial charge in [-0.1, -0.05) is 71.6 Å². The van der Waals surface area contributed by atoms with Gasteiger partial charge in [0.05, 0.1) is 0 Å². The van der Waals surface area contributed by atoms with Gasteiger partial charge >= 0.3 is 0 Å². The Hall–Kier alpha value is -0.990. The van der Waals surface area contributed by atoms with E-state index < -0.39 is 0 Å². The van der Waals surface area contributed by atoms with Crippen molar-refractivity contribution in [3.63, 3.8) is 0 Å². The fraction of sp³-hybridized carbons (Fsp3) is 0.826. The fourth-order valence-corrected chi connectivity index (χ4v) is 4.33. The molecule has 0 amide bonds. The van der Waals surface area contributed by atoms with Crippen molar-refractivity contribution in [2.24, 2.45) is 5.92 Å². The van der Waals surface area contributed by atoms with Crippen LogP contribution >= 0.6 is 0 Å². The van der Waals surface area contributed by atoms with Gasteiger partial charge in [0.15, 0.2) is 0 Å². The molecule has 0 saturated heterocycles. The van der Waals surface area contributed by atoms with Gasteiger partial charge in [-0.25, -0.2) is 9.97 Å². The molecule has 0 radical (unpaired) electrons. The highest BCUT2D eigenvalue weighted by Gasteiger charge is 2.24. The summed E-state index contributed by atoms with van der Waals surface area (Å²) in [6.07, 6.45) is 20.1. The number of unbranched alkanes of at least 4 members (excludes halogenated alkanes) is 7. The third kappa shape index (κ3) is 7.32. The lowest BCUT2D eigenvalue weighted by atomic mass is 9.80. The summed E-state index contributed by atoms with van der Waals surface area (Å²) in [4.78, 5) is 8.77. The lowest BCUT2D eigenvalue weighted by molar-refractivity contribution is 0.300. The molecule has 1 aliphatic carbocycles. The van der Waals surface area contributed by atoms with Crippen molar-refractivity contribution in [3.05, 3.63) is 23.5 Å². The Morgan fingerprint density at radius 1 is 0.885 bits per heavy atom. The van der Waals surface area contributed by atoms with E-state index in [1.807, 2.05) is 0 Å². The summed E-state index contributed by atoms with van der Waals surface area (Å²) >= 11 is 0. The molecule has 0 spiro atoms. The average molecular weight is 363 g/mol. The Labute approximate surface area is 160 Å². The number of hydrogen-bond donors (Lipinski definition) is 0. The molecule has 1 aromatic heterocycles. The molecular formula is C23H39FN2. The van der Waals surface area contributed by atoms with Crippen LogP contribution in [0.4, 0.5) is 4.39 Å². The number of aryl methyl sites for hydroxylation is 1. The van der Waals surface area contributed by atoms with Crippen LogP contribution in [0.5, 0.6) is 0 Å². The van der Waals surface area contributed by atoms with E-state index in [0.717, 1.165) is 37.4 Å². The van der Waals surface area contributed by atoms with Crippen LogP contribution in [-0.4, -0.2) is 9.97 Å². The van der Waals surface area contributed by atoms with Crippen molar-refractivity contribution in [2.45, 2.75) is 116 Å². The fourth-order valence-electron chi connectivity index (χ4n) is 4.33. The van der Waals surface area contributed by atoms with E-state index in [2.05, 4.69) is 23.8 Å². The minimum atomic E-state index is -0.270. The summed E-state index contributed by atoms with van der Waals surface area (Å²) in [5.74, 6) is 1.71. The number of nitrogens with zero attached hydrogens (tertiary/aromatic N) is 2. The van der Waals surface area contributed by atoms with E-state index in [-0.39, 0.29) is 5.95 Å². The Morgan fingerprint density at radius 2 is 1.54 bits per heavy atom. The Morgan fingerprint density at radius 3 is 2.15 bits per heavy atom. The van der Waals surface area contributed by atoms with E-state index in [9.17, 15) is 4.39 Å². The smallest absolute Gasteiger partial charge is 0.219 e. The van der Waals surface area contributed by atoms with E-state index in [1.54, 1.807) is 6.20 Å². The van der Waals surface area contributed by atoms with Gasteiger partial charge < -0.3 is 0 Å². The summed E-state index contributed by atoms with van der Waals surface area (Å²) in [5.41, 5.74) is 0.708. The molecule has 3 heteroatoms.